The molecule has 4 amide bonds. The van der Waals surface area contributed by atoms with Gasteiger partial charge in [-0.2, -0.15) is 0 Å². The first-order chi connectivity index (χ1) is 17.4. The summed E-state index contributed by atoms with van der Waals surface area (Å²) in [6.07, 6.45) is -1.15. The van der Waals surface area contributed by atoms with Gasteiger partial charge in [0.2, 0.25) is 5.91 Å². The van der Waals surface area contributed by atoms with E-state index >= 15 is 0 Å². The van der Waals surface area contributed by atoms with Gasteiger partial charge in [-0.05, 0) is 23.8 Å². The van der Waals surface area contributed by atoms with Crippen molar-refractivity contribution >= 4 is 23.5 Å². The van der Waals surface area contributed by atoms with Crippen molar-refractivity contribution in [2.75, 3.05) is 19.1 Å². The molecule has 1 aliphatic rings. The van der Waals surface area contributed by atoms with Crippen molar-refractivity contribution in [1.29, 1.82) is 0 Å². The van der Waals surface area contributed by atoms with Gasteiger partial charge in [0.15, 0.2) is 11.5 Å². The fourth-order valence-electron chi connectivity index (χ4n) is 4.44. The number of urea groups is 1. The number of carbonyl (C=O) groups excluding carboxylic acids is 3. The van der Waals surface area contributed by atoms with E-state index in [0.29, 0.717) is 22.7 Å². The highest BCUT2D eigenvalue weighted by molar-refractivity contribution is 6.25. The second kappa shape index (κ2) is 10.6. The summed E-state index contributed by atoms with van der Waals surface area (Å²) in [7, 11) is 2.92. The molecule has 0 unspecified atom stereocenters. The molecule has 1 fully saturated rings. The molecule has 4 rings (SSSR count). The Balaban J connectivity index is 1.70. The number of imide groups is 2. The Kier molecular flexibility index (Phi) is 7.36. The number of anilines is 1. The minimum Gasteiger partial charge on any atom is -0.493 e. The summed E-state index contributed by atoms with van der Waals surface area (Å²) in [5.41, 5.74) is 1.53. The summed E-state index contributed by atoms with van der Waals surface area (Å²) in [6.45, 7) is 1.52. The molecule has 3 aromatic carbocycles. The van der Waals surface area contributed by atoms with Crippen molar-refractivity contribution in [3.63, 3.8) is 0 Å². The maximum Gasteiger partial charge on any atom is 0.338 e. The molecule has 0 aromatic heterocycles. The van der Waals surface area contributed by atoms with E-state index in [4.69, 9.17) is 9.47 Å². The highest BCUT2D eigenvalue weighted by Crippen LogP contribution is 2.38. The number of nitrogens with zero attached hydrogens (tertiary/aromatic N) is 2. The van der Waals surface area contributed by atoms with Gasteiger partial charge >= 0.3 is 6.03 Å². The molecular weight excluding hydrogens is 460 g/mol. The van der Waals surface area contributed by atoms with Crippen LogP contribution in [0.3, 0.4) is 0 Å². The zero-order chi connectivity index (χ0) is 25.8. The number of ether oxygens (including phenoxy) is 2. The Morgan fingerprint density at radius 2 is 1.56 bits per heavy atom. The SMILES string of the molecule is COc1cccc([C@@H](O)[C@H](C)C(=O)N2C(=O)N(c3ccccc3)C(=O)[C@@H]2Cc2ccccc2)c1OC. The average Bonchev–Trinajstić information content (AvgIpc) is 3.16. The van der Waals surface area contributed by atoms with Gasteiger partial charge in [0.05, 0.1) is 31.9 Å². The number of para-hydroxylation sites is 2. The van der Waals surface area contributed by atoms with Crippen molar-refractivity contribution in [2.45, 2.75) is 25.5 Å². The van der Waals surface area contributed by atoms with Crippen LogP contribution in [-0.2, 0) is 16.0 Å². The average molecular weight is 489 g/mol. The van der Waals surface area contributed by atoms with Gasteiger partial charge in [0.1, 0.15) is 6.04 Å². The van der Waals surface area contributed by atoms with Crippen LogP contribution in [0.2, 0.25) is 0 Å². The highest BCUT2D eigenvalue weighted by Gasteiger charge is 2.50. The third-order valence-electron chi connectivity index (χ3n) is 6.35. The number of methoxy groups -OCH3 is 2. The number of hydrogen-bond acceptors (Lipinski definition) is 6. The molecule has 8 nitrogen and oxygen atoms in total. The molecule has 0 bridgehead atoms. The van der Waals surface area contributed by atoms with Crippen LogP contribution in [-0.4, -0.2) is 48.1 Å². The van der Waals surface area contributed by atoms with Gasteiger partial charge in [-0.3, -0.25) is 14.5 Å². The van der Waals surface area contributed by atoms with Gasteiger partial charge in [0.25, 0.3) is 5.91 Å². The van der Waals surface area contributed by atoms with Crippen LogP contribution in [0.15, 0.2) is 78.9 Å². The Hall–Kier alpha value is -4.17. The van der Waals surface area contributed by atoms with E-state index in [0.717, 1.165) is 15.4 Å². The molecule has 1 N–H and O–H groups in total. The molecule has 36 heavy (non-hydrogen) atoms. The lowest BCUT2D eigenvalue weighted by atomic mass is 9.94. The summed E-state index contributed by atoms with van der Waals surface area (Å²) in [6, 6.07) is 20.9. The Bertz CT molecular complexity index is 1250. The van der Waals surface area contributed by atoms with E-state index in [9.17, 15) is 19.5 Å². The highest BCUT2D eigenvalue weighted by atomic mass is 16.5. The minimum atomic E-state index is -1.31. The number of benzene rings is 3. The number of amides is 4. The van der Waals surface area contributed by atoms with Crippen molar-refractivity contribution in [3.05, 3.63) is 90.0 Å². The van der Waals surface area contributed by atoms with Crippen molar-refractivity contribution < 1.29 is 29.0 Å². The van der Waals surface area contributed by atoms with Gasteiger partial charge < -0.3 is 14.6 Å². The molecule has 1 heterocycles. The number of rotatable bonds is 8. The predicted octanol–water partition coefficient (Wildman–Crippen LogP) is 3.98. The maximum atomic E-state index is 13.7. The van der Waals surface area contributed by atoms with Gasteiger partial charge in [-0.1, -0.05) is 67.6 Å². The standard InChI is InChI=1S/C28H28N2O6/c1-18(24(31)21-15-10-16-23(35-2)25(21)36-3)26(32)30-22(17-19-11-6-4-7-12-19)27(33)29(28(30)34)20-13-8-5-9-14-20/h4-16,18,22,24,31H,17H2,1-3H3/t18-,22-,24-/m0/s1. The zero-order valence-corrected chi connectivity index (χ0v) is 20.3. The molecule has 3 aromatic rings. The molecule has 1 saturated heterocycles. The van der Waals surface area contributed by atoms with Gasteiger partial charge in [-0.25, -0.2) is 9.69 Å². The molecule has 0 saturated carbocycles. The van der Waals surface area contributed by atoms with Crippen LogP contribution in [0.25, 0.3) is 0 Å². The summed E-state index contributed by atoms with van der Waals surface area (Å²) in [5.74, 6) is -1.52. The Morgan fingerprint density at radius 3 is 2.17 bits per heavy atom. The first-order valence-electron chi connectivity index (χ1n) is 11.6. The molecule has 0 radical (unpaired) electrons. The van der Waals surface area contributed by atoms with E-state index in [-0.39, 0.29) is 6.42 Å². The zero-order valence-electron chi connectivity index (χ0n) is 20.3. The predicted molar refractivity (Wildman–Crippen MR) is 134 cm³/mol. The van der Waals surface area contributed by atoms with Crippen molar-refractivity contribution in [3.8, 4) is 11.5 Å². The molecule has 8 heteroatoms. The largest absolute Gasteiger partial charge is 0.493 e. The monoisotopic (exact) mass is 488 g/mol. The first-order valence-corrected chi connectivity index (χ1v) is 11.6. The van der Waals surface area contributed by atoms with Crippen LogP contribution in [0, 0.1) is 5.92 Å². The summed E-state index contributed by atoms with van der Waals surface area (Å²) >= 11 is 0. The Morgan fingerprint density at radius 1 is 0.917 bits per heavy atom. The number of hydrogen-bond donors (Lipinski definition) is 1. The van der Waals surface area contributed by atoms with Crippen LogP contribution in [0.4, 0.5) is 10.5 Å². The number of carbonyl (C=O) groups is 3. The van der Waals surface area contributed by atoms with E-state index in [1.165, 1.54) is 21.1 Å². The molecule has 1 aliphatic heterocycles. The van der Waals surface area contributed by atoms with Crippen LogP contribution in [0.1, 0.15) is 24.2 Å². The second-order valence-corrected chi connectivity index (χ2v) is 8.52. The molecule has 0 spiro atoms. The van der Waals surface area contributed by atoms with E-state index < -0.39 is 35.9 Å². The molecule has 0 aliphatic carbocycles. The summed E-state index contributed by atoms with van der Waals surface area (Å²) in [4.78, 5) is 42.8. The maximum absolute atomic E-state index is 13.7. The molecule has 186 valence electrons. The normalized spacial score (nSPS) is 17.2. The first kappa shape index (κ1) is 24.9. The fraction of sp³-hybridized carbons (Fsp3) is 0.250. The van der Waals surface area contributed by atoms with E-state index in [1.807, 2.05) is 30.3 Å². The number of aliphatic hydroxyl groups excluding tert-OH is 1. The van der Waals surface area contributed by atoms with Crippen LogP contribution >= 0.6 is 0 Å². The lowest BCUT2D eigenvalue weighted by molar-refractivity contribution is -0.139. The van der Waals surface area contributed by atoms with Crippen LogP contribution < -0.4 is 14.4 Å². The van der Waals surface area contributed by atoms with E-state index in [1.54, 1.807) is 48.5 Å². The van der Waals surface area contributed by atoms with Gasteiger partial charge in [-0.15, -0.1) is 0 Å². The smallest absolute Gasteiger partial charge is 0.338 e. The fourth-order valence-corrected chi connectivity index (χ4v) is 4.44. The molecular formula is C28H28N2O6. The topological polar surface area (TPSA) is 96.4 Å². The third-order valence-corrected chi connectivity index (χ3v) is 6.35. The molecule has 3 atom stereocenters. The quantitative estimate of drug-likeness (QED) is 0.482. The van der Waals surface area contributed by atoms with Gasteiger partial charge in [0, 0.05) is 12.0 Å². The van der Waals surface area contributed by atoms with Crippen LogP contribution in [0.5, 0.6) is 11.5 Å². The number of aliphatic hydroxyl groups is 1. The third kappa shape index (κ3) is 4.55. The lowest BCUT2D eigenvalue weighted by Crippen LogP contribution is -2.45. The van der Waals surface area contributed by atoms with E-state index in [2.05, 4.69) is 0 Å². The lowest BCUT2D eigenvalue weighted by Gasteiger charge is -2.27. The minimum absolute atomic E-state index is 0.159. The second-order valence-electron chi connectivity index (χ2n) is 8.52. The Labute approximate surface area is 209 Å². The van der Waals surface area contributed by atoms with Crippen molar-refractivity contribution in [2.24, 2.45) is 5.92 Å². The summed E-state index contributed by atoms with van der Waals surface area (Å²) in [5, 5.41) is 11.2. The van der Waals surface area contributed by atoms with Crippen molar-refractivity contribution in [1.82, 2.24) is 4.90 Å². The summed E-state index contributed by atoms with van der Waals surface area (Å²) < 4.78 is 10.7.